The summed E-state index contributed by atoms with van der Waals surface area (Å²) in [6.45, 7) is 6.16. The zero-order valence-corrected chi connectivity index (χ0v) is 20.1. The molecule has 0 unspecified atom stereocenters. The van der Waals surface area contributed by atoms with Crippen molar-refractivity contribution in [3.05, 3.63) is 54.7 Å². The third-order valence-corrected chi connectivity index (χ3v) is 6.18. The number of carbonyl (C=O) groups excluding carboxylic acids is 1. The van der Waals surface area contributed by atoms with Crippen molar-refractivity contribution >= 4 is 28.4 Å². The second-order valence-corrected chi connectivity index (χ2v) is 9.23. The van der Waals surface area contributed by atoms with Crippen molar-refractivity contribution in [1.29, 1.82) is 0 Å². The van der Waals surface area contributed by atoms with Gasteiger partial charge in [-0.15, -0.1) is 0 Å². The van der Waals surface area contributed by atoms with Crippen LogP contribution in [0.5, 0.6) is 0 Å². The van der Waals surface area contributed by atoms with Crippen LogP contribution in [0.3, 0.4) is 0 Å². The van der Waals surface area contributed by atoms with Gasteiger partial charge in [0, 0.05) is 35.9 Å². The lowest BCUT2D eigenvalue weighted by molar-refractivity contribution is 0.102. The largest absolute Gasteiger partial charge is 0.366 e. The van der Waals surface area contributed by atoms with Crippen molar-refractivity contribution in [2.75, 3.05) is 30.8 Å². The van der Waals surface area contributed by atoms with Crippen LogP contribution in [-0.2, 0) is 0 Å². The molecule has 1 saturated heterocycles. The monoisotopic (exact) mass is 471 g/mol. The molecule has 0 saturated carbocycles. The predicted octanol–water partition coefficient (Wildman–Crippen LogP) is 3.62. The molecule has 0 aliphatic carbocycles. The predicted molar refractivity (Wildman–Crippen MR) is 135 cm³/mol. The number of carbonyl (C=O) groups is 1. The second-order valence-electron chi connectivity index (χ2n) is 9.23. The zero-order valence-electron chi connectivity index (χ0n) is 20.1. The highest BCUT2D eigenvalue weighted by Gasteiger charge is 2.17. The molecule has 0 atom stereocenters. The Kier molecular flexibility index (Phi) is 6.37. The molecule has 5 heterocycles. The van der Waals surface area contributed by atoms with Gasteiger partial charge in [-0.2, -0.15) is 5.10 Å². The van der Waals surface area contributed by atoms with Gasteiger partial charge in [0.2, 0.25) is 0 Å². The van der Waals surface area contributed by atoms with Crippen LogP contribution in [0.15, 0.2) is 49.2 Å². The number of pyridine rings is 2. The molecular weight excluding hydrogens is 442 g/mol. The number of likely N-dealkylation sites (tertiary alicyclic amines) is 1. The van der Waals surface area contributed by atoms with E-state index in [0.717, 1.165) is 37.1 Å². The molecule has 4 aromatic heterocycles. The molecular formula is C25H29N9O. The Labute approximate surface area is 203 Å². The lowest BCUT2D eigenvalue weighted by atomic mass is 10.1. The highest BCUT2D eigenvalue weighted by Crippen LogP contribution is 2.22. The summed E-state index contributed by atoms with van der Waals surface area (Å²) in [5.41, 5.74) is 2.58. The molecule has 0 bridgehead atoms. The van der Waals surface area contributed by atoms with Gasteiger partial charge in [0.1, 0.15) is 17.3 Å². The van der Waals surface area contributed by atoms with E-state index in [1.165, 1.54) is 0 Å². The number of fused-ring (bicyclic) bond motifs is 1. The zero-order chi connectivity index (χ0) is 24.4. The fourth-order valence-electron chi connectivity index (χ4n) is 4.07. The number of rotatable bonds is 6. The first kappa shape index (κ1) is 22.9. The van der Waals surface area contributed by atoms with Crippen LogP contribution >= 0.6 is 0 Å². The Morgan fingerprint density at radius 2 is 1.86 bits per heavy atom. The summed E-state index contributed by atoms with van der Waals surface area (Å²) in [7, 11) is 2.15. The molecule has 2 N–H and O–H groups in total. The van der Waals surface area contributed by atoms with E-state index in [2.05, 4.69) is 37.6 Å². The van der Waals surface area contributed by atoms with E-state index >= 15 is 0 Å². The van der Waals surface area contributed by atoms with Crippen molar-refractivity contribution in [3.63, 3.8) is 0 Å². The number of anilines is 2. The fraction of sp³-hybridized carbons (Fsp3) is 0.360. The van der Waals surface area contributed by atoms with E-state index in [9.17, 15) is 4.79 Å². The van der Waals surface area contributed by atoms with Gasteiger partial charge in [-0.25, -0.2) is 15.0 Å². The minimum absolute atomic E-state index is 0.180. The lowest BCUT2D eigenvalue weighted by Crippen LogP contribution is -2.36. The SMILES string of the molecule is CC(C)n1cc(C(=O)Nc2cc3nc(-c4cncc(NC5CCN(C)CC5)n4)ccc3cn2)cn1. The van der Waals surface area contributed by atoms with E-state index in [0.29, 0.717) is 34.3 Å². The highest BCUT2D eigenvalue weighted by atomic mass is 16.1. The smallest absolute Gasteiger partial charge is 0.260 e. The molecule has 180 valence electrons. The van der Waals surface area contributed by atoms with Crippen LogP contribution in [0.2, 0.25) is 0 Å². The number of nitrogens with zero attached hydrogens (tertiary/aromatic N) is 7. The fourth-order valence-corrected chi connectivity index (χ4v) is 4.07. The van der Waals surface area contributed by atoms with Gasteiger partial charge in [-0.05, 0) is 59.0 Å². The molecule has 10 nitrogen and oxygen atoms in total. The van der Waals surface area contributed by atoms with Crippen LogP contribution in [0, 0.1) is 0 Å². The normalized spacial score (nSPS) is 15.0. The first-order valence-corrected chi connectivity index (χ1v) is 11.8. The van der Waals surface area contributed by atoms with Gasteiger partial charge in [-0.3, -0.25) is 14.5 Å². The number of amides is 1. The van der Waals surface area contributed by atoms with Gasteiger partial charge in [0.05, 0.1) is 35.4 Å². The number of hydrogen-bond acceptors (Lipinski definition) is 8. The average Bonchev–Trinajstić information content (AvgIpc) is 3.36. The summed E-state index contributed by atoms with van der Waals surface area (Å²) in [5, 5.41) is 11.4. The number of aromatic nitrogens is 6. The Balaban J connectivity index is 1.34. The molecule has 1 amide bonds. The van der Waals surface area contributed by atoms with E-state index < -0.39 is 0 Å². The Bertz CT molecular complexity index is 1340. The van der Waals surface area contributed by atoms with E-state index in [1.807, 2.05) is 26.0 Å². The summed E-state index contributed by atoms with van der Waals surface area (Å²) < 4.78 is 1.74. The van der Waals surface area contributed by atoms with Crippen molar-refractivity contribution < 1.29 is 4.79 Å². The molecule has 0 aromatic carbocycles. The van der Waals surface area contributed by atoms with E-state index in [1.54, 1.807) is 41.7 Å². The minimum atomic E-state index is -0.265. The number of nitrogens with one attached hydrogen (secondary N) is 2. The topological polar surface area (TPSA) is 114 Å². The quantitative estimate of drug-likeness (QED) is 0.438. The van der Waals surface area contributed by atoms with Gasteiger partial charge < -0.3 is 15.5 Å². The summed E-state index contributed by atoms with van der Waals surface area (Å²) >= 11 is 0. The van der Waals surface area contributed by atoms with Gasteiger partial charge in [-0.1, -0.05) is 0 Å². The summed E-state index contributed by atoms with van der Waals surface area (Å²) in [6.07, 6.45) is 10.6. The van der Waals surface area contributed by atoms with E-state index in [4.69, 9.17) is 9.97 Å². The minimum Gasteiger partial charge on any atom is -0.366 e. The molecule has 0 spiro atoms. The second kappa shape index (κ2) is 9.75. The molecule has 4 aromatic rings. The maximum atomic E-state index is 12.6. The first-order chi connectivity index (χ1) is 16.9. The lowest BCUT2D eigenvalue weighted by Gasteiger charge is -2.29. The molecule has 1 aliphatic heterocycles. The molecule has 0 radical (unpaired) electrons. The first-order valence-electron chi connectivity index (χ1n) is 11.8. The van der Waals surface area contributed by atoms with Crippen LogP contribution in [0.1, 0.15) is 43.1 Å². The molecule has 35 heavy (non-hydrogen) atoms. The van der Waals surface area contributed by atoms with Crippen molar-refractivity contribution in [1.82, 2.24) is 34.6 Å². The molecule has 5 rings (SSSR count). The third-order valence-electron chi connectivity index (χ3n) is 6.18. The van der Waals surface area contributed by atoms with Crippen molar-refractivity contribution in [2.45, 2.75) is 38.8 Å². The van der Waals surface area contributed by atoms with Crippen LogP contribution < -0.4 is 10.6 Å². The van der Waals surface area contributed by atoms with Crippen LogP contribution in [0.25, 0.3) is 22.3 Å². The van der Waals surface area contributed by atoms with Gasteiger partial charge in [0.25, 0.3) is 5.91 Å². The van der Waals surface area contributed by atoms with Gasteiger partial charge in [0.15, 0.2) is 0 Å². The molecule has 1 fully saturated rings. The maximum absolute atomic E-state index is 12.6. The maximum Gasteiger partial charge on any atom is 0.260 e. The summed E-state index contributed by atoms with van der Waals surface area (Å²) in [4.78, 5) is 33.2. The third kappa shape index (κ3) is 5.27. The average molecular weight is 472 g/mol. The van der Waals surface area contributed by atoms with Crippen LogP contribution in [-0.4, -0.2) is 66.7 Å². The molecule has 10 heteroatoms. The van der Waals surface area contributed by atoms with Crippen molar-refractivity contribution in [2.24, 2.45) is 0 Å². The van der Waals surface area contributed by atoms with Gasteiger partial charge >= 0.3 is 0 Å². The Hall–Kier alpha value is -3.92. The Morgan fingerprint density at radius 3 is 2.63 bits per heavy atom. The summed E-state index contributed by atoms with van der Waals surface area (Å²) in [5.74, 6) is 0.912. The number of piperidine rings is 1. The summed E-state index contributed by atoms with van der Waals surface area (Å²) in [6, 6.07) is 6.19. The number of hydrogen-bond donors (Lipinski definition) is 2. The highest BCUT2D eigenvalue weighted by molar-refractivity contribution is 6.04. The van der Waals surface area contributed by atoms with E-state index in [-0.39, 0.29) is 11.9 Å². The van der Waals surface area contributed by atoms with Crippen molar-refractivity contribution in [3.8, 4) is 11.4 Å². The molecule has 1 aliphatic rings. The standard InChI is InChI=1S/C25H29N9O/c1-16(2)34-15-18(12-28-34)25(35)32-23-10-21-17(11-27-23)4-5-20(30-21)22-13-26-14-24(31-22)29-19-6-8-33(3)9-7-19/h4-5,10-16,19H,6-9H2,1-3H3,(H,29,31)(H,27,32,35). The van der Waals surface area contributed by atoms with Crippen LogP contribution in [0.4, 0.5) is 11.6 Å². The Morgan fingerprint density at radius 1 is 1.03 bits per heavy atom.